The van der Waals surface area contributed by atoms with E-state index in [0.29, 0.717) is 17.6 Å². The van der Waals surface area contributed by atoms with Crippen molar-refractivity contribution in [1.29, 1.82) is 0 Å². The maximum absolute atomic E-state index is 11.0. The molecule has 2 N–H and O–H groups in total. The van der Waals surface area contributed by atoms with Crippen LogP contribution < -0.4 is 5.32 Å². The van der Waals surface area contributed by atoms with Crippen LogP contribution in [0.3, 0.4) is 0 Å². The minimum Gasteiger partial charge on any atom is -0.480 e. The first kappa shape index (κ1) is 13.8. The minimum atomic E-state index is -0.720. The van der Waals surface area contributed by atoms with E-state index in [1.807, 2.05) is 0 Å². The van der Waals surface area contributed by atoms with Crippen molar-refractivity contribution in [3.63, 3.8) is 0 Å². The van der Waals surface area contributed by atoms with E-state index in [9.17, 15) is 4.79 Å². The van der Waals surface area contributed by atoms with Crippen LogP contribution in [0, 0.1) is 11.8 Å². The molecule has 1 aliphatic rings. The summed E-state index contributed by atoms with van der Waals surface area (Å²) in [4.78, 5) is 11.0. The quantitative estimate of drug-likeness (QED) is 0.781. The Morgan fingerprint density at radius 3 is 2.19 bits per heavy atom. The monoisotopic (exact) mass is 245 g/mol. The van der Waals surface area contributed by atoms with Crippen molar-refractivity contribution in [1.82, 2.24) is 5.32 Å². The summed E-state index contributed by atoms with van der Waals surface area (Å²) < 4.78 is 0. The third kappa shape index (κ3) is 3.67. The fraction of sp³-hybridized carbons (Fsp3) is 0.917. The number of aliphatic carboxylic acids is 1. The van der Waals surface area contributed by atoms with Gasteiger partial charge >= 0.3 is 5.97 Å². The van der Waals surface area contributed by atoms with Crippen LogP contribution in [0.5, 0.6) is 0 Å². The van der Waals surface area contributed by atoms with Crippen LogP contribution in [-0.2, 0) is 4.79 Å². The van der Waals surface area contributed by atoms with Gasteiger partial charge in [0.15, 0.2) is 0 Å². The molecule has 4 heteroatoms. The lowest BCUT2D eigenvalue weighted by Gasteiger charge is -2.32. The van der Waals surface area contributed by atoms with Gasteiger partial charge in [-0.3, -0.25) is 10.1 Å². The van der Waals surface area contributed by atoms with Gasteiger partial charge < -0.3 is 5.11 Å². The summed E-state index contributed by atoms with van der Waals surface area (Å²) in [6, 6.07) is -0.373. The topological polar surface area (TPSA) is 49.3 Å². The first-order chi connectivity index (χ1) is 7.34. The van der Waals surface area contributed by atoms with Gasteiger partial charge in [-0.05, 0) is 24.7 Å². The van der Waals surface area contributed by atoms with E-state index < -0.39 is 5.97 Å². The molecule has 3 nitrogen and oxygen atoms in total. The van der Waals surface area contributed by atoms with Crippen LogP contribution in [0.4, 0.5) is 0 Å². The Balaban J connectivity index is 2.70. The molecule has 0 aromatic heterocycles. The SMILES string of the molecule is CC(C)CC1(CC(C)C)N[C@H](C(=O)O)CS1. The normalized spacial score (nSPS) is 24.2. The molecule has 1 atom stereocenters. The molecule has 0 saturated carbocycles. The Bertz CT molecular complexity index is 243. The molecule has 1 fully saturated rings. The molecule has 0 radical (unpaired) electrons. The van der Waals surface area contributed by atoms with Gasteiger partial charge in [0.1, 0.15) is 6.04 Å². The zero-order valence-corrected chi connectivity index (χ0v) is 11.4. The van der Waals surface area contributed by atoms with Crippen molar-refractivity contribution >= 4 is 17.7 Å². The van der Waals surface area contributed by atoms with Crippen molar-refractivity contribution < 1.29 is 9.90 Å². The summed E-state index contributed by atoms with van der Waals surface area (Å²) in [6.45, 7) is 8.77. The van der Waals surface area contributed by atoms with Crippen molar-refractivity contribution in [2.75, 3.05) is 5.75 Å². The van der Waals surface area contributed by atoms with E-state index >= 15 is 0 Å². The second-order valence-electron chi connectivity index (χ2n) is 5.54. The Morgan fingerprint density at radius 1 is 1.38 bits per heavy atom. The van der Waals surface area contributed by atoms with Crippen molar-refractivity contribution in [2.45, 2.75) is 51.4 Å². The summed E-state index contributed by atoms with van der Waals surface area (Å²) in [5.74, 6) is 1.15. The predicted molar refractivity (Wildman–Crippen MR) is 68.7 cm³/mol. The molecule has 1 aliphatic heterocycles. The van der Waals surface area contributed by atoms with Gasteiger partial charge in [-0.15, -0.1) is 11.8 Å². The number of nitrogens with one attached hydrogen (secondary N) is 1. The van der Waals surface area contributed by atoms with Crippen molar-refractivity contribution in [2.24, 2.45) is 11.8 Å². The summed E-state index contributed by atoms with van der Waals surface area (Å²) in [7, 11) is 0. The molecule has 0 amide bonds. The predicted octanol–water partition coefficient (Wildman–Crippen LogP) is 2.56. The molecule has 0 bridgehead atoms. The molecule has 1 saturated heterocycles. The van der Waals surface area contributed by atoms with E-state index in [1.54, 1.807) is 11.8 Å². The Labute approximate surface area is 102 Å². The average Bonchev–Trinajstić information content (AvgIpc) is 2.46. The largest absolute Gasteiger partial charge is 0.480 e. The highest BCUT2D eigenvalue weighted by atomic mass is 32.2. The van der Waals surface area contributed by atoms with Crippen LogP contribution in [0.25, 0.3) is 0 Å². The molecule has 1 rings (SSSR count). The van der Waals surface area contributed by atoms with Crippen LogP contribution in [0.15, 0.2) is 0 Å². The summed E-state index contributed by atoms with van der Waals surface area (Å²) in [5, 5.41) is 12.4. The first-order valence-electron chi connectivity index (χ1n) is 5.99. The highest BCUT2D eigenvalue weighted by Crippen LogP contribution is 2.40. The fourth-order valence-corrected chi connectivity index (χ4v) is 4.25. The standard InChI is InChI=1S/C12H23NO2S/c1-8(2)5-12(6-9(3)4)13-10(7-16-12)11(14)15/h8-10,13H,5-7H2,1-4H3,(H,14,15)/t10-/m0/s1. The zero-order valence-electron chi connectivity index (χ0n) is 10.6. The van der Waals surface area contributed by atoms with E-state index in [2.05, 4.69) is 33.0 Å². The lowest BCUT2D eigenvalue weighted by atomic mass is 9.94. The number of carboxylic acids is 1. The number of rotatable bonds is 5. The number of hydrogen-bond acceptors (Lipinski definition) is 3. The summed E-state index contributed by atoms with van der Waals surface area (Å²) in [5.41, 5.74) is 0. The van der Waals surface area contributed by atoms with E-state index in [4.69, 9.17) is 5.11 Å². The average molecular weight is 245 g/mol. The first-order valence-corrected chi connectivity index (χ1v) is 6.97. The molecule has 16 heavy (non-hydrogen) atoms. The van der Waals surface area contributed by atoms with Gasteiger partial charge in [-0.2, -0.15) is 0 Å². The molecule has 0 spiro atoms. The molecule has 0 unspecified atom stereocenters. The van der Waals surface area contributed by atoms with Crippen molar-refractivity contribution in [3.05, 3.63) is 0 Å². The lowest BCUT2D eigenvalue weighted by molar-refractivity contribution is -0.139. The molecular formula is C12H23NO2S. The van der Waals surface area contributed by atoms with Gasteiger partial charge in [0.2, 0.25) is 0 Å². The highest BCUT2D eigenvalue weighted by Gasteiger charge is 2.42. The fourth-order valence-electron chi connectivity index (χ4n) is 2.41. The molecule has 1 heterocycles. The molecular weight excluding hydrogens is 222 g/mol. The van der Waals surface area contributed by atoms with Gasteiger partial charge in [-0.25, -0.2) is 0 Å². The minimum absolute atomic E-state index is 0.0224. The van der Waals surface area contributed by atoms with Crippen LogP contribution in [-0.4, -0.2) is 27.7 Å². The number of carbonyl (C=O) groups is 1. The highest BCUT2D eigenvalue weighted by molar-refractivity contribution is 8.00. The number of carboxylic acid groups (broad SMARTS) is 1. The third-order valence-corrected chi connectivity index (χ3v) is 4.24. The second kappa shape index (κ2) is 5.41. The zero-order chi connectivity index (χ0) is 12.3. The Morgan fingerprint density at radius 2 is 1.88 bits per heavy atom. The molecule has 94 valence electrons. The third-order valence-electron chi connectivity index (χ3n) is 2.74. The smallest absolute Gasteiger partial charge is 0.321 e. The van der Waals surface area contributed by atoms with Gasteiger partial charge in [0.25, 0.3) is 0 Å². The Hall–Kier alpha value is -0.220. The van der Waals surface area contributed by atoms with E-state index in [1.165, 1.54) is 0 Å². The summed E-state index contributed by atoms with van der Waals surface area (Å²) >= 11 is 1.79. The molecule has 0 aromatic rings. The van der Waals surface area contributed by atoms with E-state index in [-0.39, 0.29) is 10.9 Å². The Kier molecular flexibility index (Phi) is 4.68. The maximum atomic E-state index is 11.0. The second-order valence-corrected chi connectivity index (χ2v) is 6.94. The van der Waals surface area contributed by atoms with Gasteiger partial charge in [-0.1, -0.05) is 27.7 Å². The van der Waals surface area contributed by atoms with Gasteiger partial charge in [0, 0.05) is 5.75 Å². The molecule has 0 aromatic carbocycles. The van der Waals surface area contributed by atoms with Crippen LogP contribution in [0.1, 0.15) is 40.5 Å². The van der Waals surface area contributed by atoms with Gasteiger partial charge in [0.05, 0.1) is 4.87 Å². The maximum Gasteiger partial charge on any atom is 0.321 e. The number of hydrogen-bond donors (Lipinski definition) is 2. The number of thioether (sulfide) groups is 1. The van der Waals surface area contributed by atoms with Crippen LogP contribution >= 0.6 is 11.8 Å². The summed E-state index contributed by atoms with van der Waals surface area (Å²) in [6.07, 6.45) is 2.08. The van der Waals surface area contributed by atoms with Crippen LogP contribution in [0.2, 0.25) is 0 Å². The van der Waals surface area contributed by atoms with Crippen molar-refractivity contribution in [3.8, 4) is 0 Å². The molecule has 0 aliphatic carbocycles. The van der Waals surface area contributed by atoms with E-state index in [0.717, 1.165) is 12.8 Å². The lowest BCUT2D eigenvalue weighted by Crippen LogP contribution is -2.46.